The highest BCUT2D eigenvalue weighted by Gasteiger charge is 2.36. The van der Waals surface area contributed by atoms with Crippen molar-refractivity contribution >= 4 is 0 Å². The van der Waals surface area contributed by atoms with Gasteiger partial charge in [-0.05, 0) is 142 Å². The summed E-state index contributed by atoms with van der Waals surface area (Å²) in [7, 11) is 0. The molecule has 0 aliphatic heterocycles. The van der Waals surface area contributed by atoms with Crippen molar-refractivity contribution in [2.75, 3.05) is 0 Å². The molecule has 0 N–H and O–H groups in total. The molecule has 396 valence electrons. The lowest BCUT2D eigenvalue weighted by molar-refractivity contribution is 0.438. The summed E-state index contributed by atoms with van der Waals surface area (Å²) < 4.78 is 0. The molecule has 2 aliphatic carbocycles. The molecule has 10 rings (SSSR count). The van der Waals surface area contributed by atoms with E-state index in [-0.39, 0.29) is 10.8 Å². The third kappa shape index (κ3) is 15.7. The molecule has 0 saturated heterocycles. The molecule has 0 saturated carbocycles. The molecule has 0 radical (unpaired) electrons. The summed E-state index contributed by atoms with van der Waals surface area (Å²) in [6, 6.07) is 65.1. The van der Waals surface area contributed by atoms with Gasteiger partial charge in [-0.3, -0.25) is 0 Å². The van der Waals surface area contributed by atoms with Crippen molar-refractivity contribution in [3.63, 3.8) is 0 Å². The minimum Gasteiger partial charge on any atom is -0.115 e. The second kappa shape index (κ2) is 29.6. The Labute approximate surface area is 463 Å². The Hall–Kier alpha value is -6.68. The molecule has 0 heteroatoms. The van der Waals surface area contributed by atoms with Crippen molar-refractivity contribution < 1.29 is 0 Å². The topological polar surface area (TPSA) is 0 Å². The summed E-state index contributed by atoms with van der Waals surface area (Å²) in [6.07, 6.45) is 17.5. The maximum atomic E-state index is 5.48. The van der Waals surface area contributed by atoms with Crippen LogP contribution in [0.15, 0.2) is 182 Å². The molecule has 0 unspecified atom stereocenters. The number of hydrogen-bond donors (Lipinski definition) is 0. The summed E-state index contributed by atoms with van der Waals surface area (Å²) in [5.74, 6) is 3.72. The fourth-order valence-corrected chi connectivity index (χ4v) is 10.6. The summed E-state index contributed by atoms with van der Waals surface area (Å²) in [4.78, 5) is 0. The molecule has 2 aliphatic rings. The smallest absolute Gasteiger partial charge is 0.0248 e. The summed E-state index contributed by atoms with van der Waals surface area (Å²) >= 11 is 0. The monoisotopic (exact) mass is 1000 g/mol. The highest BCUT2D eigenvalue weighted by molar-refractivity contribution is 5.82. The number of aryl methyl sites for hydroxylation is 5. The second-order valence-corrected chi connectivity index (χ2v) is 22.1. The van der Waals surface area contributed by atoms with Crippen molar-refractivity contribution in [1.82, 2.24) is 0 Å². The first kappa shape index (κ1) is 60.2. The molecule has 0 atom stereocenters. The maximum Gasteiger partial charge on any atom is 0.0248 e. The zero-order chi connectivity index (χ0) is 55.3. The van der Waals surface area contributed by atoms with Gasteiger partial charge in [0.25, 0.3) is 0 Å². The number of hydrogen-bond acceptors (Lipinski definition) is 0. The maximum absolute atomic E-state index is 5.48. The van der Waals surface area contributed by atoms with Gasteiger partial charge in [-0.25, -0.2) is 0 Å². The Kier molecular flexibility index (Phi) is 23.4. The van der Waals surface area contributed by atoms with Crippen LogP contribution in [0.2, 0.25) is 0 Å². The van der Waals surface area contributed by atoms with Gasteiger partial charge in [0, 0.05) is 16.4 Å². The Morgan fingerprint density at radius 3 is 1.43 bits per heavy atom. The minimum atomic E-state index is 0.0824. The van der Waals surface area contributed by atoms with Gasteiger partial charge >= 0.3 is 0 Å². The zero-order valence-electron chi connectivity index (χ0n) is 49.3. The van der Waals surface area contributed by atoms with Crippen LogP contribution in [-0.2, 0) is 17.3 Å². The van der Waals surface area contributed by atoms with Crippen molar-refractivity contribution in [2.45, 2.75) is 166 Å². The van der Waals surface area contributed by atoms with E-state index in [4.69, 9.17) is 6.42 Å². The fourth-order valence-electron chi connectivity index (χ4n) is 10.6. The van der Waals surface area contributed by atoms with E-state index < -0.39 is 0 Å². The lowest BCUT2D eigenvalue weighted by Crippen LogP contribution is -2.14. The van der Waals surface area contributed by atoms with Crippen molar-refractivity contribution in [3.05, 3.63) is 238 Å². The standard InChI is InChI=1S/C21H20.C17H14.C16H16.C9H12.C9H20.C4H10/c1-15-7-6-9-18(13-15)19-12-11-17(3)21(14-19)20-10-5-4-8-16(20)2;1-4-12-9-10-16-14(11-12)13-7-5-6-8-15(13)17(16,2)3;1-11-8-9-15-13(10-11)12-6-4-5-7-14(12)16(15,2)3;1-2-6-9-7-4-3-5-8-9;1-4-7-8-9(5-2)6-3;1-3-4-2/h4-14H,1-3H3;1,5-11H,2-3H3;4-10H,1-3H3;3-5,7-8H,2,6H2,1H3;9H,4-8H2,1-3H3;3-4H2,1-2H3. The van der Waals surface area contributed by atoms with Gasteiger partial charge < -0.3 is 0 Å². The first-order valence-electron chi connectivity index (χ1n) is 28.8. The van der Waals surface area contributed by atoms with E-state index in [0.717, 1.165) is 11.5 Å². The van der Waals surface area contributed by atoms with Crippen LogP contribution < -0.4 is 0 Å². The minimum absolute atomic E-state index is 0.0824. The molecule has 8 aromatic carbocycles. The van der Waals surface area contributed by atoms with Crippen LogP contribution in [0, 0.1) is 46.0 Å². The molecule has 0 spiro atoms. The van der Waals surface area contributed by atoms with Crippen molar-refractivity contribution in [1.29, 1.82) is 0 Å². The molecule has 76 heavy (non-hydrogen) atoms. The Balaban J connectivity index is 0.000000178. The number of unbranched alkanes of at least 4 members (excludes halogenated alkanes) is 2. The van der Waals surface area contributed by atoms with Crippen LogP contribution in [0.4, 0.5) is 0 Å². The van der Waals surface area contributed by atoms with Crippen LogP contribution in [0.1, 0.15) is 176 Å². The van der Waals surface area contributed by atoms with Crippen LogP contribution in [0.5, 0.6) is 0 Å². The number of rotatable bonds is 10. The van der Waals surface area contributed by atoms with Crippen molar-refractivity contribution in [3.8, 4) is 56.9 Å². The molecule has 0 aromatic heterocycles. The third-order valence-corrected chi connectivity index (χ3v) is 15.5. The van der Waals surface area contributed by atoms with Gasteiger partial charge in [0.1, 0.15) is 0 Å². The largest absolute Gasteiger partial charge is 0.115 e. The van der Waals surface area contributed by atoms with E-state index in [0.29, 0.717) is 0 Å². The Morgan fingerprint density at radius 2 is 0.895 bits per heavy atom. The lowest BCUT2D eigenvalue weighted by atomic mass is 9.82. The number of terminal acetylenes is 1. The average Bonchev–Trinajstić information content (AvgIpc) is 3.86. The Bertz CT molecular complexity index is 3070. The van der Waals surface area contributed by atoms with E-state index in [1.807, 2.05) is 6.07 Å². The van der Waals surface area contributed by atoms with Crippen LogP contribution >= 0.6 is 0 Å². The van der Waals surface area contributed by atoms with Crippen LogP contribution in [-0.4, -0.2) is 0 Å². The van der Waals surface area contributed by atoms with Gasteiger partial charge in [0.05, 0.1) is 0 Å². The SMILES string of the molecule is C#Cc1ccc2c(c1)-c1ccccc1C2(C)C.CCCC.CCCCC(CC)CC.CCCc1ccccc1.Cc1ccc2c(c1)-c1ccccc1C2(C)C.Cc1cccc(-c2ccc(C)c(-c3ccccc3C)c2)c1. The average molecular weight is 1010 g/mol. The molecule has 8 aromatic rings. The molecule has 0 bridgehead atoms. The van der Waals surface area contributed by atoms with E-state index in [2.05, 4.69) is 279 Å². The number of fused-ring (bicyclic) bond motifs is 6. The van der Waals surface area contributed by atoms with Gasteiger partial charge in [0.2, 0.25) is 0 Å². The van der Waals surface area contributed by atoms with Crippen LogP contribution in [0.3, 0.4) is 0 Å². The van der Waals surface area contributed by atoms with E-state index in [9.17, 15) is 0 Å². The second-order valence-electron chi connectivity index (χ2n) is 22.1. The van der Waals surface area contributed by atoms with Gasteiger partial charge in [-0.15, -0.1) is 6.42 Å². The molecule has 0 nitrogen and oxygen atoms in total. The quantitative estimate of drug-likeness (QED) is 0.120. The summed E-state index contributed by atoms with van der Waals surface area (Å²) in [5, 5.41) is 0. The number of benzene rings is 8. The van der Waals surface area contributed by atoms with Gasteiger partial charge in [-0.1, -0.05) is 301 Å². The van der Waals surface area contributed by atoms with E-state index in [1.54, 1.807) is 0 Å². The van der Waals surface area contributed by atoms with E-state index >= 15 is 0 Å². The summed E-state index contributed by atoms with van der Waals surface area (Å²) in [5.41, 5.74) is 24.2. The third-order valence-electron chi connectivity index (χ3n) is 15.5. The predicted octanol–water partition coefficient (Wildman–Crippen LogP) is 22.3. The first-order chi connectivity index (χ1) is 36.6. The highest BCUT2D eigenvalue weighted by Crippen LogP contribution is 2.49. The van der Waals surface area contributed by atoms with Crippen molar-refractivity contribution in [2.24, 2.45) is 5.92 Å². The molecule has 0 heterocycles. The normalized spacial score (nSPS) is 12.3. The zero-order valence-corrected chi connectivity index (χ0v) is 49.3. The Morgan fingerprint density at radius 1 is 0.395 bits per heavy atom. The molecular weight excluding hydrogens is 913 g/mol. The highest BCUT2D eigenvalue weighted by atomic mass is 14.4. The molecule has 0 fully saturated rings. The predicted molar refractivity (Wildman–Crippen MR) is 337 cm³/mol. The first-order valence-corrected chi connectivity index (χ1v) is 28.8. The fraction of sp³-hybridized carbons (Fsp3) is 0.342. The van der Waals surface area contributed by atoms with Gasteiger partial charge in [0.15, 0.2) is 0 Å². The van der Waals surface area contributed by atoms with E-state index in [1.165, 1.54) is 152 Å². The summed E-state index contributed by atoms with van der Waals surface area (Å²) in [6.45, 7) is 31.2. The van der Waals surface area contributed by atoms with Gasteiger partial charge in [-0.2, -0.15) is 0 Å². The molecule has 0 amide bonds. The molecular formula is C76H92. The lowest BCUT2D eigenvalue weighted by Gasteiger charge is -2.21. The van der Waals surface area contributed by atoms with Crippen LogP contribution in [0.25, 0.3) is 44.5 Å².